The molecule has 0 aromatic carbocycles. The van der Waals surface area contributed by atoms with Gasteiger partial charge in [0.15, 0.2) is 0 Å². The highest BCUT2D eigenvalue weighted by atomic mass is 32.2. The van der Waals surface area contributed by atoms with E-state index in [0.717, 1.165) is 69.8 Å². The van der Waals surface area contributed by atoms with E-state index in [-0.39, 0.29) is 11.4 Å². The van der Waals surface area contributed by atoms with Crippen LogP contribution in [0.15, 0.2) is 23.2 Å². The van der Waals surface area contributed by atoms with E-state index in [0.29, 0.717) is 36.7 Å². The Morgan fingerprint density at radius 2 is 1.70 bits per heavy atom. The Balaban J connectivity index is 1.23. The summed E-state index contributed by atoms with van der Waals surface area (Å²) in [6.07, 6.45) is 6.55. The summed E-state index contributed by atoms with van der Waals surface area (Å²) in [5, 5.41) is 4.44. The van der Waals surface area contributed by atoms with E-state index in [4.69, 9.17) is 0 Å². The molecule has 40 heavy (non-hydrogen) atoms. The lowest BCUT2D eigenvalue weighted by atomic mass is 9.83. The van der Waals surface area contributed by atoms with E-state index < -0.39 is 10.0 Å². The number of amides is 1. The van der Waals surface area contributed by atoms with Crippen molar-refractivity contribution in [2.45, 2.75) is 71.0 Å². The van der Waals surface area contributed by atoms with Crippen LogP contribution in [-0.4, -0.2) is 107 Å². The van der Waals surface area contributed by atoms with Gasteiger partial charge in [-0.1, -0.05) is 0 Å². The van der Waals surface area contributed by atoms with Crippen molar-refractivity contribution in [2.75, 3.05) is 52.1 Å². The number of piperazine rings is 1. The van der Waals surface area contributed by atoms with Gasteiger partial charge in [-0.3, -0.25) is 14.6 Å². The Hall–Kier alpha value is -1.92. The van der Waals surface area contributed by atoms with Crippen LogP contribution in [0.4, 0.5) is 0 Å². The SMILES string of the molecule is Cc1ncnc(C)c1C(=O)N1CCC(C)(N2CCN([C@H](c3ccsc3)C3CCN(S(C)(=O)=O)CC3)[C@@H](C)C2)CC1. The minimum Gasteiger partial charge on any atom is -0.338 e. The first-order valence-electron chi connectivity index (χ1n) is 14.5. The van der Waals surface area contributed by atoms with Crippen molar-refractivity contribution in [2.24, 2.45) is 5.92 Å². The van der Waals surface area contributed by atoms with E-state index in [2.05, 4.69) is 50.4 Å². The smallest absolute Gasteiger partial charge is 0.257 e. The van der Waals surface area contributed by atoms with Crippen LogP contribution in [0, 0.1) is 19.8 Å². The van der Waals surface area contributed by atoms with Crippen molar-refractivity contribution in [1.29, 1.82) is 0 Å². The molecule has 2 aromatic heterocycles. The molecule has 0 bridgehead atoms. The second-order valence-corrected chi connectivity index (χ2v) is 15.0. The van der Waals surface area contributed by atoms with Crippen molar-refractivity contribution in [3.05, 3.63) is 45.7 Å². The van der Waals surface area contributed by atoms with Crippen LogP contribution in [0.1, 0.15) is 72.9 Å². The van der Waals surface area contributed by atoms with Crippen molar-refractivity contribution < 1.29 is 13.2 Å². The topological polar surface area (TPSA) is 90.0 Å². The number of hydrogen-bond acceptors (Lipinski definition) is 8. The third-order valence-corrected chi connectivity index (χ3v) is 11.7. The largest absolute Gasteiger partial charge is 0.338 e. The van der Waals surface area contributed by atoms with Crippen LogP contribution >= 0.6 is 11.3 Å². The highest BCUT2D eigenvalue weighted by Crippen LogP contribution is 2.40. The number of aryl methyl sites for hydroxylation is 2. The third-order valence-electron chi connectivity index (χ3n) is 9.67. The van der Waals surface area contributed by atoms with E-state index in [1.165, 1.54) is 18.1 Å². The Kier molecular flexibility index (Phi) is 8.69. The normalized spacial score (nSPS) is 24.7. The summed E-state index contributed by atoms with van der Waals surface area (Å²) in [7, 11) is -3.14. The van der Waals surface area contributed by atoms with Gasteiger partial charge >= 0.3 is 0 Å². The highest BCUT2D eigenvalue weighted by Gasteiger charge is 2.43. The molecule has 2 aromatic rings. The number of nitrogens with zero attached hydrogens (tertiary/aromatic N) is 6. The van der Waals surface area contributed by atoms with E-state index in [9.17, 15) is 13.2 Å². The number of sulfonamides is 1. The van der Waals surface area contributed by atoms with Gasteiger partial charge in [0.25, 0.3) is 5.91 Å². The van der Waals surface area contributed by atoms with E-state index >= 15 is 0 Å². The molecule has 0 unspecified atom stereocenters. The van der Waals surface area contributed by atoms with Crippen LogP contribution in [-0.2, 0) is 10.0 Å². The number of rotatable bonds is 6. The molecule has 11 heteroatoms. The maximum Gasteiger partial charge on any atom is 0.257 e. The number of carbonyl (C=O) groups excluding carboxylic acids is 1. The van der Waals surface area contributed by atoms with Gasteiger partial charge < -0.3 is 4.90 Å². The molecule has 9 nitrogen and oxygen atoms in total. The molecule has 0 aliphatic carbocycles. The van der Waals surface area contributed by atoms with Crippen LogP contribution < -0.4 is 0 Å². The Labute approximate surface area is 243 Å². The number of thiophene rings is 1. The predicted molar refractivity (Wildman–Crippen MR) is 159 cm³/mol. The van der Waals surface area contributed by atoms with Gasteiger partial charge in [0.1, 0.15) is 6.33 Å². The lowest BCUT2D eigenvalue weighted by Gasteiger charge is -2.54. The van der Waals surface area contributed by atoms with Gasteiger partial charge in [-0.05, 0) is 81.7 Å². The average Bonchev–Trinajstić information content (AvgIpc) is 3.44. The summed E-state index contributed by atoms with van der Waals surface area (Å²) in [6.45, 7) is 14.2. The summed E-state index contributed by atoms with van der Waals surface area (Å²) >= 11 is 1.74. The lowest BCUT2D eigenvalue weighted by Crippen LogP contribution is -2.63. The summed E-state index contributed by atoms with van der Waals surface area (Å²) in [4.78, 5) is 29.2. The molecule has 3 saturated heterocycles. The predicted octanol–water partition coefficient (Wildman–Crippen LogP) is 3.57. The summed E-state index contributed by atoms with van der Waals surface area (Å²) in [5.41, 5.74) is 3.58. The van der Waals surface area contributed by atoms with Crippen LogP contribution in [0.3, 0.4) is 0 Å². The molecule has 0 saturated carbocycles. The quantitative estimate of drug-likeness (QED) is 0.510. The number of piperidine rings is 2. The molecule has 1 amide bonds. The molecule has 5 rings (SSSR count). The average molecular weight is 589 g/mol. The zero-order valence-corrected chi connectivity index (χ0v) is 26.2. The molecule has 220 valence electrons. The molecule has 0 spiro atoms. The standard InChI is InChI=1S/C29H44N6O3S2/c1-21-18-33(29(4)9-13-32(14-10-29)28(36)26-22(2)30-20-31-23(26)3)15-16-35(21)27(25-8-17-39-19-25)24-6-11-34(12-7-24)40(5,37)38/h8,17,19-21,24,27H,6-7,9-16,18H2,1-5H3/t21-,27-/m0/s1. The molecule has 0 N–H and O–H groups in total. The summed E-state index contributed by atoms with van der Waals surface area (Å²) in [5.74, 6) is 0.497. The fourth-order valence-electron chi connectivity index (χ4n) is 7.14. The molecule has 3 fully saturated rings. The summed E-state index contributed by atoms with van der Waals surface area (Å²) in [6, 6.07) is 2.96. The number of likely N-dealkylation sites (tertiary alicyclic amines) is 1. The second-order valence-electron chi connectivity index (χ2n) is 12.2. The van der Waals surface area contributed by atoms with Gasteiger partial charge in [0.2, 0.25) is 10.0 Å². The van der Waals surface area contributed by atoms with Gasteiger partial charge in [0, 0.05) is 63.4 Å². The maximum absolute atomic E-state index is 13.3. The first kappa shape index (κ1) is 29.6. The summed E-state index contributed by atoms with van der Waals surface area (Å²) < 4.78 is 25.9. The lowest BCUT2D eigenvalue weighted by molar-refractivity contribution is -0.0420. The van der Waals surface area contributed by atoms with Crippen LogP contribution in [0.2, 0.25) is 0 Å². The van der Waals surface area contributed by atoms with Gasteiger partial charge in [-0.2, -0.15) is 11.3 Å². The minimum absolute atomic E-state index is 0.0522. The van der Waals surface area contributed by atoms with E-state index in [1.807, 2.05) is 18.7 Å². The van der Waals surface area contributed by atoms with Gasteiger partial charge in [-0.15, -0.1) is 0 Å². The van der Waals surface area contributed by atoms with Crippen molar-refractivity contribution in [3.63, 3.8) is 0 Å². The fourth-order valence-corrected chi connectivity index (χ4v) is 8.71. The Bertz CT molecular complexity index is 1260. The Morgan fingerprint density at radius 1 is 1.05 bits per heavy atom. The molecular weight excluding hydrogens is 544 g/mol. The zero-order chi connectivity index (χ0) is 28.7. The highest BCUT2D eigenvalue weighted by molar-refractivity contribution is 7.88. The van der Waals surface area contributed by atoms with Crippen molar-refractivity contribution in [1.82, 2.24) is 29.0 Å². The first-order valence-corrected chi connectivity index (χ1v) is 17.3. The molecular formula is C29H44N6O3S2. The van der Waals surface area contributed by atoms with Gasteiger partial charge in [0.05, 0.1) is 23.2 Å². The van der Waals surface area contributed by atoms with Crippen molar-refractivity contribution >= 4 is 27.3 Å². The number of aromatic nitrogens is 2. The van der Waals surface area contributed by atoms with Gasteiger partial charge in [-0.25, -0.2) is 22.7 Å². The van der Waals surface area contributed by atoms with Crippen LogP contribution in [0.5, 0.6) is 0 Å². The van der Waals surface area contributed by atoms with E-state index in [1.54, 1.807) is 15.6 Å². The molecule has 3 aliphatic rings. The van der Waals surface area contributed by atoms with Crippen molar-refractivity contribution in [3.8, 4) is 0 Å². The monoisotopic (exact) mass is 588 g/mol. The maximum atomic E-state index is 13.3. The zero-order valence-electron chi connectivity index (χ0n) is 24.5. The molecule has 0 radical (unpaired) electrons. The fraction of sp³-hybridized carbons (Fsp3) is 0.690. The molecule has 2 atom stereocenters. The number of carbonyl (C=O) groups is 1. The Morgan fingerprint density at radius 3 is 2.25 bits per heavy atom. The molecule has 3 aliphatic heterocycles. The number of hydrogen-bond donors (Lipinski definition) is 0. The molecule has 5 heterocycles. The first-order chi connectivity index (χ1) is 19.0. The minimum atomic E-state index is -3.14. The van der Waals surface area contributed by atoms with Crippen LogP contribution in [0.25, 0.3) is 0 Å². The third kappa shape index (κ3) is 5.99. The second kappa shape index (κ2) is 11.8.